The zero-order valence-corrected chi connectivity index (χ0v) is 42.4. The van der Waals surface area contributed by atoms with Gasteiger partial charge in [-0.2, -0.15) is 0 Å². The van der Waals surface area contributed by atoms with Crippen LogP contribution in [0.2, 0.25) is 0 Å². The largest absolute Gasteiger partial charge is 0.756 e. The number of esters is 1. The second-order valence-corrected chi connectivity index (χ2v) is 19.6. The normalized spacial score (nSPS) is 14.2. The number of hydrogen-bond acceptors (Lipinski definition) is 7. The highest BCUT2D eigenvalue weighted by molar-refractivity contribution is 7.45. The first kappa shape index (κ1) is 60.9. The molecule has 0 rings (SSSR count). The van der Waals surface area contributed by atoms with Crippen molar-refractivity contribution in [2.45, 2.75) is 213 Å². The van der Waals surface area contributed by atoms with Crippen LogP contribution in [-0.2, 0) is 27.9 Å². The van der Waals surface area contributed by atoms with Gasteiger partial charge in [0.2, 0.25) is 0 Å². The molecule has 0 aromatic heterocycles. The van der Waals surface area contributed by atoms with Crippen LogP contribution in [0.5, 0.6) is 0 Å². The number of quaternary nitrogens is 1. The average Bonchev–Trinajstić information content (AvgIpc) is 3.24. The summed E-state index contributed by atoms with van der Waals surface area (Å²) in [5.41, 5.74) is 0. The highest BCUT2D eigenvalue weighted by Gasteiger charge is 2.20. The first-order valence-electron chi connectivity index (χ1n) is 25.7. The van der Waals surface area contributed by atoms with Crippen LogP contribution >= 0.6 is 7.82 Å². The Labute approximate surface area is 389 Å². The summed E-state index contributed by atoms with van der Waals surface area (Å²) in [5.74, 6) is -0.344. The molecule has 0 saturated heterocycles. The van der Waals surface area contributed by atoms with Crippen LogP contribution in [0, 0.1) is 0 Å². The number of unbranched alkanes of at least 4 members (excludes halogenated alkanes) is 21. The maximum atomic E-state index is 12.8. The van der Waals surface area contributed by atoms with Gasteiger partial charge in [-0.25, -0.2) is 0 Å². The zero-order chi connectivity index (χ0) is 46.2. The number of hydrogen-bond donors (Lipinski definition) is 0. The number of phosphoric acid groups is 1. The van der Waals surface area contributed by atoms with Crippen molar-refractivity contribution in [2.75, 3.05) is 54.1 Å². The van der Waals surface area contributed by atoms with E-state index in [1.54, 1.807) is 0 Å². The van der Waals surface area contributed by atoms with Crippen molar-refractivity contribution in [3.05, 3.63) is 72.9 Å². The Morgan fingerprint density at radius 3 is 1.38 bits per heavy atom. The van der Waals surface area contributed by atoms with Gasteiger partial charge < -0.3 is 27.9 Å². The summed E-state index contributed by atoms with van der Waals surface area (Å²) in [6.07, 6.45) is 60.7. The molecule has 0 aromatic carbocycles. The number of carbonyl (C=O) groups excluding carboxylic acids is 1. The van der Waals surface area contributed by atoms with Gasteiger partial charge in [-0.1, -0.05) is 189 Å². The van der Waals surface area contributed by atoms with E-state index < -0.39 is 13.9 Å². The van der Waals surface area contributed by atoms with E-state index in [4.69, 9.17) is 18.5 Å². The Morgan fingerprint density at radius 1 is 0.508 bits per heavy atom. The fourth-order valence-corrected chi connectivity index (χ4v) is 7.53. The van der Waals surface area contributed by atoms with Gasteiger partial charge in [-0.05, 0) is 83.5 Å². The van der Waals surface area contributed by atoms with E-state index in [2.05, 4.69) is 86.8 Å². The first-order valence-corrected chi connectivity index (χ1v) is 27.1. The van der Waals surface area contributed by atoms with Gasteiger partial charge in [0, 0.05) is 13.0 Å². The molecule has 0 spiro atoms. The van der Waals surface area contributed by atoms with Crippen LogP contribution < -0.4 is 4.89 Å². The van der Waals surface area contributed by atoms with E-state index in [0.29, 0.717) is 24.1 Å². The predicted molar refractivity (Wildman–Crippen MR) is 268 cm³/mol. The van der Waals surface area contributed by atoms with E-state index in [1.165, 1.54) is 109 Å². The predicted octanol–water partition coefficient (Wildman–Crippen LogP) is 15.2. The third-order valence-corrected chi connectivity index (χ3v) is 11.7. The lowest BCUT2D eigenvalue weighted by molar-refractivity contribution is -0.870. The Bertz CT molecular complexity index is 1230. The van der Waals surface area contributed by atoms with Gasteiger partial charge in [0.25, 0.3) is 7.82 Å². The lowest BCUT2D eigenvalue weighted by Crippen LogP contribution is -2.37. The highest BCUT2D eigenvalue weighted by atomic mass is 31.2. The van der Waals surface area contributed by atoms with Gasteiger partial charge in [-0.3, -0.25) is 9.36 Å². The minimum Gasteiger partial charge on any atom is -0.756 e. The first-order chi connectivity index (χ1) is 30.6. The third kappa shape index (κ3) is 50.8. The summed E-state index contributed by atoms with van der Waals surface area (Å²) in [4.78, 5) is 25.2. The van der Waals surface area contributed by atoms with E-state index in [1.807, 2.05) is 21.1 Å². The Kier molecular flexibility index (Phi) is 44.9. The molecular formula is C54H98NO7P. The standard InChI is InChI=1S/C54H98NO7P/c1-6-8-10-12-14-16-18-20-22-24-26-27-28-29-30-31-33-35-37-39-41-43-45-47-54(56)62-53(52-61-63(57,58)60-50-48-55(3,4)5)51-59-49-46-44-42-40-38-36-34-32-25-23-21-19-17-15-13-11-9-7-2/h9,11,15,17-18,20-21,23-24,26,32,34,53H,6-8,10,12-14,16,19,22,25,27-31,33,35-52H2,1-5H3/b11-9-,17-15-,20-18-,23-21-,26-24-,34-32-. The minimum absolute atomic E-state index is 0.0185. The maximum Gasteiger partial charge on any atom is 0.306 e. The number of carbonyl (C=O) groups is 1. The summed E-state index contributed by atoms with van der Waals surface area (Å²) in [6, 6.07) is 0. The Hall–Kier alpha value is -2.06. The molecule has 2 unspecified atom stereocenters. The van der Waals surface area contributed by atoms with Gasteiger partial charge in [-0.15, -0.1) is 0 Å². The summed E-state index contributed by atoms with van der Waals surface area (Å²) >= 11 is 0. The van der Waals surface area contributed by atoms with Gasteiger partial charge in [0.1, 0.15) is 19.3 Å². The maximum absolute atomic E-state index is 12.8. The fourth-order valence-electron chi connectivity index (χ4n) is 6.80. The van der Waals surface area contributed by atoms with Crippen LogP contribution in [0.3, 0.4) is 0 Å². The molecule has 63 heavy (non-hydrogen) atoms. The summed E-state index contributed by atoms with van der Waals surface area (Å²) < 4.78 is 34.7. The van der Waals surface area contributed by atoms with Crippen molar-refractivity contribution >= 4 is 13.8 Å². The lowest BCUT2D eigenvalue weighted by atomic mass is 10.0. The number of phosphoric ester groups is 1. The van der Waals surface area contributed by atoms with Crippen molar-refractivity contribution < 1.29 is 37.3 Å². The van der Waals surface area contributed by atoms with Crippen molar-refractivity contribution in [3.63, 3.8) is 0 Å². The quantitative estimate of drug-likeness (QED) is 0.0197. The second-order valence-electron chi connectivity index (χ2n) is 18.1. The molecule has 0 aliphatic rings. The molecule has 0 aliphatic heterocycles. The Morgan fingerprint density at radius 2 is 0.921 bits per heavy atom. The molecule has 0 aliphatic carbocycles. The number of nitrogens with zero attached hydrogens (tertiary/aromatic N) is 1. The molecule has 9 heteroatoms. The average molecular weight is 904 g/mol. The van der Waals surface area contributed by atoms with E-state index >= 15 is 0 Å². The zero-order valence-electron chi connectivity index (χ0n) is 41.5. The fraction of sp³-hybridized carbons (Fsp3) is 0.759. The number of allylic oxidation sites excluding steroid dienone is 12. The van der Waals surface area contributed by atoms with Gasteiger partial charge >= 0.3 is 5.97 Å². The van der Waals surface area contributed by atoms with Crippen LogP contribution in [0.1, 0.15) is 206 Å². The van der Waals surface area contributed by atoms with Crippen molar-refractivity contribution in [1.29, 1.82) is 0 Å². The summed E-state index contributed by atoms with van der Waals surface area (Å²) in [6.45, 7) is 5.24. The van der Waals surface area contributed by atoms with Crippen molar-refractivity contribution in [3.8, 4) is 0 Å². The molecule has 0 N–H and O–H groups in total. The minimum atomic E-state index is -4.54. The van der Waals surface area contributed by atoms with Crippen LogP contribution in [-0.4, -0.2) is 70.7 Å². The third-order valence-electron chi connectivity index (χ3n) is 10.7. The number of rotatable bonds is 47. The number of ether oxygens (including phenoxy) is 2. The SMILES string of the molecule is CC/C=C\C/C=C\C/C=C\C/C=C\CCCCCCCOCC(COP(=O)([O-])OCC[N+](C)(C)C)OC(=O)CCCCCCCCCCCCC/C=C\C/C=C\CCCCCCC. The van der Waals surface area contributed by atoms with Gasteiger partial charge in [0.05, 0.1) is 34.4 Å². The van der Waals surface area contributed by atoms with Gasteiger partial charge in [0.15, 0.2) is 0 Å². The molecular weight excluding hydrogens is 806 g/mol. The molecule has 0 bridgehead atoms. The molecule has 8 nitrogen and oxygen atoms in total. The highest BCUT2D eigenvalue weighted by Crippen LogP contribution is 2.38. The van der Waals surface area contributed by atoms with Crippen molar-refractivity contribution in [2.24, 2.45) is 0 Å². The molecule has 0 radical (unpaired) electrons. The van der Waals surface area contributed by atoms with E-state index in [9.17, 15) is 14.3 Å². The molecule has 0 saturated carbocycles. The van der Waals surface area contributed by atoms with E-state index in [-0.39, 0.29) is 25.8 Å². The van der Waals surface area contributed by atoms with Crippen LogP contribution in [0.4, 0.5) is 0 Å². The number of likely N-dealkylation sites (N-methyl/N-ethyl adjacent to an activating group) is 1. The molecule has 366 valence electrons. The molecule has 0 heterocycles. The lowest BCUT2D eigenvalue weighted by Gasteiger charge is -2.28. The summed E-state index contributed by atoms with van der Waals surface area (Å²) in [5, 5.41) is 0. The van der Waals surface area contributed by atoms with Crippen LogP contribution in [0.25, 0.3) is 0 Å². The Balaban J connectivity index is 4.18. The summed E-state index contributed by atoms with van der Waals surface area (Å²) in [7, 11) is 1.33. The molecule has 0 aromatic rings. The smallest absolute Gasteiger partial charge is 0.306 e. The van der Waals surface area contributed by atoms with E-state index in [0.717, 1.165) is 77.0 Å². The second kappa shape index (κ2) is 46.5. The topological polar surface area (TPSA) is 94.1 Å². The molecule has 0 fully saturated rings. The monoisotopic (exact) mass is 904 g/mol. The molecule has 0 amide bonds. The van der Waals surface area contributed by atoms with Crippen LogP contribution in [0.15, 0.2) is 72.9 Å². The van der Waals surface area contributed by atoms with Crippen molar-refractivity contribution in [1.82, 2.24) is 0 Å². The molecule has 2 atom stereocenters.